The van der Waals surface area contributed by atoms with E-state index in [9.17, 15) is 19.0 Å². The third-order valence-electron chi connectivity index (χ3n) is 6.49. The van der Waals surface area contributed by atoms with Crippen LogP contribution in [0.4, 0.5) is 0 Å². The molecule has 0 saturated carbocycles. The Bertz CT molecular complexity index is 634. The molecule has 0 aromatic rings. The molecule has 0 bridgehead atoms. The molecule has 0 fully saturated rings. The summed E-state index contributed by atoms with van der Waals surface area (Å²) in [5, 5.41) is 0. The number of hydrogen-bond acceptors (Lipinski definition) is 8. The number of nitrogens with two attached hydrogens (primary N) is 1. The second-order valence-corrected chi connectivity index (χ2v) is 11.8. The van der Waals surface area contributed by atoms with Crippen LogP contribution in [0.1, 0.15) is 142 Å². The van der Waals surface area contributed by atoms with Crippen LogP contribution in [-0.4, -0.2) is 49.3 Å². The van der Waals surface area contributed by atoms with Crippen molar-refractivity contribution in [2.45, 2.75) is 148 Å². The third-order valence-corrected chi connectivity index (χ3v) is 7.48. The van der Waals surface area contributed by atoms with Crippen LogP contribution in [-0.2, 0) is 32.7 Å². The summed E-state index contributed by atoms with van der Waals surface area (Å²) in [5.41, 5.74) is 5.29. The number of unbranched alkanes of at least 4 members (excludes halogenated alkanes) is 16. The molecule has 10 heteroatoms. The maximum absolute atomic E-state index is 12.3. The van der Waals surface area contributed by atoms with E-state index in [1.807, 2.05) is 0 Å². The zero-order valence-corrected chi connectivity index (χ0v) is 25.8. The molecule has 2 unspecified atom stereocenters. The van der Waals surface area contributed by atoms with E-state index in [2.05, 4.69) is 13.8 Å². The second-order valence-electron chi connectivity index (χ2n) is 10.3. The van der Waals surface area contributed by atoms with Gasteiger partial charge in [-0.05, 0) is 12.8 Å². The standard InChI is InChI=1S/C29H58NO8P/c1-3-5-7-9-11-13-14-16-17-19-21-28(31)35-25-27(26-37-39(33,34)36-24-23-30)38-29(32)22-20-18-15-12-10-8-6-4-2/h27H,3-26,30H2,1-2H3,(H,33,34). The van der Waals surface area contributed by atoms with Crippen LogP contribution in [0.5, 0.6) is 0 Å². The molecule has 0 saturated heterocycles. The summed E-state index contributed by atoms with van der Waals surface area (Å²) in [7, 11) is -4.35. The van der Waals surface area contributed by atoms with Crippen LogP contribution >= 0.6 is 7.82 Å². The van der Waals surface area contributed by atoms with Gasteiger partial charge in [-0.15, -0.1) is 0 Å². The first kappa shape index (κ1) is 38.0. The number of ether oxygens (including phenoxy) is 2. The average molecular weight is 580 g/mol. The topological polar surface area (TPSA) is 134 Å². The van der Waals surface area contributed by atoms with Crippen molar-refractivity contribution < 1.29 is 37.6 Å². The van der Waals surface area contributed by atoms with Crippen molar-refractivity contribution in [2.75, 3.05) is 26.4 Å². The Labute approximate surface area is 237 Å². The number of phosphoric acid groups is 1. The Morgan fingerprint density at radius 2 is 1.10 bits per heavy atom. The molecule has 9 nitrogen and oxygen atoms in total. The van der Waals surface area contributed by atoms with Gasteiger partial charge < -0.3 is 20.1 Å². The van der Waals surface area contributed by atoms with Gasteiger partial charge in [-0.1, -0.05) is 117 Å². The van der Waals surface area contributed by atoms with Crippen molar-refractivity contribution in [1.82, 2.24) is 0 Å². The van der Waals surface area contributed by atoms with Gasteiger partial charge in [-0.25, -0.2) is 4.57 Å². The highest BCUT2D eigenvalue weighted by atomic mass is 31.2. The number of carbonyl (C=O) groups excluding carboxylic acids is 2. The van der Waals surface area contributed by atoms with E-state index in [4.69, 9.17) is 24.3 Å². The molecule has 0 aliphatic carbocycles. The molecule has 0 amide bonds. The highest BCUT2D eigenvalue weighted by Gasteiger charge is 2.25. The van der Waals surface area contributed by atoms with E-state index in [0.29, 0.717) is 6.42 Å². The number of rotatable bonds is 29. The molecule has 0 radical (unpaired) electrons. The summed E-state index contributed by atoms with van der Waals surface area (Å²) in [6, 6.07) is 0. The first-order chi connectivity index (χ1) is 18.8. The molecule has 3 N–H and O–H groups in total. The van der Waals surface area contributed by atoms with Crippen molar-refractivity contribution in [3.63, 3.8) is 0 Å². The summed E-state index contributed by atoms with van der Waals surface area (Å²) in [4.78, 5) is 34.3. The quantitative estimate of drug-likeness (QED) is 0.0529. The predicted octanol–water partition coefficient (Wildman–Crippen LogP) is 7.38. The van der Waals surface area contributed by atoms with Gasteiger partial charge in [-0.2, -0.15) is 0 Å². The fraction of sp³-hybridized carbons (Fsp3) is 0.931. The number of hydrogen-bond donors (Lipinski definition) is 2. The van der Waals surface area contributed by atoms with E-state index >= 15 is 0 Å². The van der Waals surface area contributed by atoms with E-state index < -0.39 is 26.5 Å². The van der Waals surface area contributed by atoms with Crippen LogP contribution in [0.25, 0.3) is 0 Å². The van der Waals surface area contributed by atoms with E-state index in [0.717, 1.165) is 38.5 Å². The molecule has 0 aliphatic rings. The zero-order valence-electron chi connectivity index (χ0n) is 24.9. The first-order valence-corrected chi connectivity index (χ1v) is 17.0. The fourth-order valence-corrected chi connectivity index (χ4v) is 4.93. The largest absolute Gasteiger partial charge is 0.472 e. The van der Waals surface area contributed by atoms with Gasteiger partial charge in [0.1, 0.15) is 6.61 Å². The minimum absolute atomic E-state index is 0.0570. The van der Waals surface area contributed by atoms with Gasteiger partial charge in [0.05, 0.1) is 13.2 Å². The van der Waals surface area contributed by atoms with Crippen LogP contribution in [0, 0.1) is 0 Å². The van der Waals surface area contributed by atoms with Gasteiger partial charge in [-0.3, -0.25) is 18.6 Å². The summed E-state index contributed by atoms with van der Waals surface area (Å²) in [5.74, 6) is -0.832. The second kappa shape index (κ2) is 27.2. The predicted molar refractivity (Wildman–Crippen MR) is 155 cm³/mol. The smallest absolute Gasteiger partial charge is 0.462 e. The molecule has 0 heterocycles. The van der Waals surface area contributed by atoms with Gasteiger partial charge in [0.15, 0.2) is 6.10 Å². The summed E-state index contributed by atoms with van der Waals surface area (Å²) in [6.07, 6.45) is 20.1. The minimum Gasteiger partial charge on any atom is -0.462 e. The van der Waals surface area contributed by atoms with Gasteiger partial charge in [0, 0.05) is 19.4 Å². The van der Waals surface area contributed by atoms with Crippen LogP contribution in [0.2, 0.25) is 0 Å². The van der Waals surface area contributed by atoms with E-state index in [-0.39, 0.29) is 38.6 Å². The Balaban J connectivity index is 4.32. The Morgan fingerprint density at radius 3 is 1.56 bits per heavy atom. The molecule has 2 atom stereocenters. The van der Waals surface area contributed by atoms with Crippen LogP contribution in [0.15, 0.2) is 0 Å². The number of esters is 2. The summed E-state index contributed by atoms with van der Waals surface area (Å²) < 4.78 is 32.3. The normalized spacial score (nSPS) is 13.6. The van der Waals surface area contributed by atoms with Crippen molar-refractivity contribution in [2.24, 2.45) is 5.73 Å². The SMILES string of the molecule is CCCCCCCCCCCCC(=O)OCC(COP(=O)(O)OCCN)OC(=O)CCCCCCCCCC. The lowest BCUT2D eigenvalue weighted by Crippen LogP contribution is -2.29. The monoisotopic (exact) mass is 579 g/mol. The molecule has 232 valence electrons. The van der Waals surface area contributed by atoms with Crippen LogP contribution in [0.3, 0.4) is 0 Å². The first-order valence-electron chi connectivity index (χ1n) is 15.5. The maximum atomic E-state index is 12.3. The number of phosphoric ester groups is 1. The van der Waals surface area contributed by atoms with Gasteiger partial charge >= 0.3 is 19.8 Å². The third kappa shape index (κ3) is 27.0. The van der Waals surface area contributed by atoms with Crippen molar-refractivity contribution in [1.29, 1.82) is 0 Å². The van der Waals surface area contributed by atoms with Gasteiger partial charge in [0.2, 0.25) is 0 Å². The average Bonchev–Trinajstić information content (AvgIpc) is 2.91. The Kier molecular flexibility index (Phi) is 26.5. The van der Waals surface area contributed by atoms with E-state index in [1.165, 1.54) is 70.6 Å². The molecule has 0 aliphatic heterocycles. The Morgan fingerprint density at radius 1 is 0.667 bits per heavy atom. The lowest BCUT2D eigenvalue weighted by atomic mass is 10.1. The minimum atomic E-state index is -4.35. The molecule has 0 rings (SSSR count). The zero-order chi connectivity index (χ0) is 29.0. The molecule has 0 spiro atoms. The summed E-state index contributed by atoms with van der Waals surface area (Å²) in [6.45, 7) is 3.66. The maximum Gasteiger partial charge on any atom is 0.472 e. The van der Waals surface area contributed by atoms with Crippen LogP contribution < -0.4 is 5.73 Å². The molecule has 0 aromatic heterocycles. The van der Waals surface area contributed by atoms with Crippen molar-refractivity contribution in [3.8, 4) is 0 Å². The summed E-state index contributed by atoms with van der Waals surface area (Å²) >= 11 is 0. The van der Waals surface area contributed by atoms with Crippen molar-refractivity contribution in [3.05, 3.63) is 0 Å². The van der Waals surface area contributed by atoms with Gasteiger partial charge in [0.25, 0.3) is 0 Å². The lowest BCUT2D eigenvalue weighted by molar-refractivity contribution is -0.161. The fourth-order valence-electron chi connectivity index (χ4n) is 4.16. The molecule has 39 heavy (non-hydrogen) atoms. The Hall–Kier alpha value is -0.990. The van der Waals surface area contributed by atoms with Crippen molar-refractivity contribution >= 4 is 19.8 Å². The van der Waals surface area contributed by atoms with E-state index in [1.54, 1.807) is 0 Å². The molecular weight excluding hydrogens is 521 g/mol. The highest BCUT2D eigenvalue weighted by molar-refractivity contribution is 7.47. The molecular formula is C29H58NO8P. The number of carbonyl (C=O) groups is 2. The highest BCUT2D eigenvalue weighted by Crippen LogP contribution is 2.43. The lowest BCUT2D eigenvalue weighted by Gasteiger charge is -2.19. The molecule has 0 aromatic carbocycles.